The van der Waals surface area contributed by atoms with Crippen LogP contribution in [0.4, 0.5) is 0 Å². The normalized spacial score (nSPS) is 11.8. The summed E-state index contributed by atoms with van der Waals surface area (Å²) < 4.78 is 26.4. The molecule has 0 saturated carbocycles. The Hall–Kier alpha value is -2.52. The van der Waals surface area contributed by atoms with Gasteiger partial charge in [-0.2, -0.15) is 4.31 Å². The lowest BCUT2D eigenvalue weighted by atomic mass is 10.1. The summed E-state index contributed by atoms with van der Waals surface area (Å²) in [5, 5.41) is 18.4. The van der Waals surface area contributed by atoms with Crippen molar-refractivity contribution in [2.75, 3.05) is 13.1 Å². The predicted octanol–water partition coefficient (Wildman–Crippen LogP) is 1.66. The van der Waals surface area contributed by atoms with Gasteiger partial charge in [-0.05, 0) is 24.3 Å². The van der Waals surface area contributed by atoms with E-state index in [1.807, 2.05) is 0 Å². The van der Waals surface area contributed by atoms with Gasteiger partial charge in [0.25, 0.3) is 0 Å². The van der Waals surface area contributed by atoms with Gasteiger partial charge in [0.15, 0.2) is 0 Å². The van der Waals surface area contributed by atoms with Crippen LogP contribution in [0.25, 0.3) is 10.9 Å². The van der Waals surface area contributed by atoms with Gasteiger partial charge in [0.1, 0.15) is 5.69 Å². The van der Waals surface area contributed by atoms with Crippen molar-refractivity contribution in [3.63, 3.8) is 0 Å². The van der Waals surface area contributed by atoms with Crippen LogP contribution >= 0.6 is 0 Å². The van der Waals surface area contributed by atoms with Gasteiger partial charge < -0.3 is 10.2 Å². The van der Waals surface area contributed by atoms with Gasteiger partial charge >= 0.3 is 11.9 Å². The third kappa shape index (κ3) is 3.08. The Morgan fingerprint density at radius 2 is 1.71 bits per heavy atom. The van der Waals surface area contributed by atoms with Crippen molar-refractivity contribution in [3.8, 4) is 0 Å². The van der Waals surface area contributed by atoms with Crippen LogP contribution < -0.4 is 0 Å². The Balaban J connectivity index is 2.75. The summed E-state index contributed by atoms with van der Waals surface area (Å²) in [4.78, 5) is 26.3. The molecule has 1 aromatic carbocycles. The molecule has 0 unspecified atom stereocenters. The minimum Gasteiger partial charge on any atom is -0.478 e. The molecule has 0 radical (unpaired) electrons. The molecule has 0 atom stereocenters. The predicted molar refractivity (Wildman–Crippen MR) is 85.8 cm³/mol. The number of hydrogen-bond acceptors (Lipinski definition) is 5. The number of pyridine rings is 1. The molecule has 2 rings (SSSR count). The summed E-state index contributed by atoms with van der Waals surface area (Å²) in [5.41, 5.74) is -0.626. The fourth-order valence-electron chi connectivity index (χ4n) is 2.36. The lowest BCUT2D eigenvalue weighted by Gasteiger charge is -2.18. The SMILES string of the molecule is CCN(CC)S(=O)(=O)c1ccc2nc(C(=O)O)cc(C(=O)O)c2c1. The number of carboxylic acids is 2. The van der Waals surface area contributed by atoms with E-state index in [1.165, 1.54) is 22.5 Å². The molecule has 1 heterocycles. The summed E-state index contributed by atoms with van der Waals surface area (Å²) in [5.74, 6) is -2.72. The Bertz CT molecular complexity index is 919. The third-order valence-corrected chi connectivity index (χ3v) is 5.62. The van der Waals surface area contributed by atoms with E-state index in [1.54, 1.807) is 13.8 Å². The van der Waals surface area contributed by atoms with Gasteiger partial charge in [0, 0.05) is 18.5 Å². The zero-order valence-electron chi connectivity index (χ0n) is 13.1. The highest BCUT2D eigenvalue weighted by molar-refractivity contribution is 7.89. The maximum atomic E-state index is 12.6. The van der Waals surface area contributed by atoms with Gasteiger partial charge in [-0.1, -0.05) is 13.8 Å². The average Bonchev–Trinajstić information content (AvgIpc) is 2.53. The molecule has 0 fully saturated rings. The summed E-state index contributed by atoms with van der Waals surface area (Å²) >= 11 is 0. The van der Waals surface area contributed by atoms with Crippen LogP contribution in [0.5, 0.6) is 0 Å². The molecule has 0 spiro atoms. The lowest BCUT2D eigenvalue weighted by molar-refractivity contribution is 0.0691. The van der Waals surface area contributed by atoms with E-state index < -0.39 is 27.7 Å². The molecule has 1 aromatic heterocycles. The molecule has 0 aliphatic carbocycles. The van der Waals surface area contributed by atoms with E-state index in [2.05, 4.69) is 4.98 Å². The fourth-order valence-corrected chi connectivity index (χ4v) is 3.85. The molecular formula is C15H16N2O6S. The minimum atomic E-state index is -3.77. The van der Waals surface area contributed by atoms with Crippen molar-refractivity contribution in [1.82, 2.24) is 9.29 Å². The van der Waals surface area contributed by atoms with Crippen LogP contribution in [0.2, 0.25) is 0 Å². The monoisotopic (exact) mass is 352 g/mol. The molecule has 0 saturated heterocycles. The highest BCUT2D eigenvalue weighted by Gasteiger charge is 2.23. The largest absolute Gasteiger partial charge is 0.478 e. The van der Waals surface area contributed by atoms with Crippen molar-refractivity contribution >= 4 is 32.9 Å². The van der Waals surface area contributed by atoms with Gasteiger partial charge in [0.05, 0.1) is 16.0 Å². The number of sulfonamides is 1. The van der Waals surface area contributed by atoms with Crippen molar-refractivity contribution in [2.24, 2.45) is 0 Å². The Morgan fingerprint density at radius 1 is 1.08 bits per heavy atom. The lowest BCUT2D eigenvalue weighted by Crippen LogP contribution is -2.30. The smallest absolute Gasteiger partial charge is 0.354 e. The van der Waals surface area contributed by atoms with Crippen molar-refractivity contribution in [2.45, 2.75) is 18.7 Å². The van der Waals surface area contributed by atoms with Gasteiger partial charge in [-0.3, -0.25) is 0 Å². The van der Waals surface area contributed by atoms with Crippen molar-refractivity contribution in [3.05, 3.63) is 35.5 Å². The summed E-state index contributed by atoms with van der Waals surface area (Å²) in [7, 11) is -3.77. The Morgan fingerprint density at radius 3 is 2.21 bits per heavy atom. The number of fused-ring (bicyclic) bond motifs is 1. The van der Waals surface area contributed by atoms with Crippen LogP contribution in [0.1, 0.15) is 34.7 Å². The number of aromatic carboxylic acids is 2. The van der Waals surface area contributed by atoms with E-state index in [0.29, 0.717) is 0 Å². The van der Waals surface area contributed by atoms with E-state index in [-0.39, 0.29) is 34.5 Å². The van der Waals surface area contributed by atoms with E-state index >= 15 is 0 Å². The number of rotatable bonds is 6. The average molecular weight is 352 g/mol. The highest BCUT2D eigenvalue weighted by Crippen LogP contribution is 2.24. The number of hydrogen-bond donors (Lipinski definition) is 2. The standard InChI is InChI=1S/C15H16N2O6S/c1-3-17(4-2)24(22,23)9-5-6-12-10(7-9)11(14(18)19)8-13(16-12)15(20)21/h5-8H,3-4H2,1-2H3,(H,18,19)(H,20,21). The number of nitrogens with zero attached hydrogens (tertiary/aromatic N) is 2. The summed E-state index contributed by atoms with van der Waals surface area (Å²) in [6, 6.07) is 4.73. The second-order valence-corrected chi connectivity index (χ2v) is 6.87. The summed E-state index contributed by atoms with van der Waals surface area (Å²) in [6.07, 6.45) is 0. The molecule has 2 aromatic rings. The van der Waals surface area contributed by atoms with Gasteiger partial charge in [0.2, 0.25) is 10.0 Å². The molecule has 0 aliphatic rings. The van der Waals surface area contributed by atoms with Crippen LogP contribution in [-0.2, 0) is 10.0 Å². The molecule has 9 heteroatoms. The van der Waals surface area contributed by atoms with Crippen LogP contribution in [0.3, 0.4) is 0 Å². The molecule has 8 nitrogen and oxygen atoms in total. The van der Waals surface area contributed by atoms with Crippen LogP contribution in [0, 0.1) is 0 Å². The van der Waals surface area contributed by atoms with Gasteiger partial charge in [-0.25, -0.2) is 23.0 Å². The highest BCUT2D eigenvalue weighted by atomic mass is 32.2. The molecular weight excluding hydrogens is 336 g/mol. The second kappa shape index (κ2) is 6.54. The molecule has 24 heavy (non-hydrogen) atoms. The maximum Gasteiger partial charge on any atom is 0.354 e. The fraction of sp³-hybridized carbons (Fsp3) is 0.267. The first kappa shape index (κ1) is 17.8. The molecule has 0 aliphatic heterocycles. The molecule has 0 bridgehead atoms. The van der Waals surface area contributed by atoms with Crippen molar-refractivity contribution < 1.29 is 28.2 Å². The second-order valence-electron chi connectivity index (χ2n) is 4.93. The zero-order chi connectivity index (χ0) is 18.1. The number of aromatic nitrogens is 1. The van der Waals surface area contributed by atoms with Crippen molar-refractivity contribution in [1.29, 1.82) is 0 Å². The van der Waals surface area contributed by atoms with E-state index in [4.69, 9.17) is 5.11 Å². The van der Waals surface area contributed by atoms with Crippen LogP contribution in [0.15, 0.2) is 29.2 Å². The first-order chi connectivity index (χ1) is 11.2. The molecule has 128 valence electrons. The summed E-state index contributed by atoms with van der Waals surface area (Å²) in [6.45, 7) is 3.95. The molecule has 2 N–H and O–H groups in total. The Labute approximate surface area is 138 Å². The first-order valence-corrected chi connectivity index (χ1v) is 8.57. The number of carbonyl (C=O) groups is 2. The quantitative estimate of drug-likeness (QED) is 0.810. The minimum absolute atomic E-state index is 0.0638. The third-order valence-electron chi connectivity index (χ3n) is 3.57. The zero-order valence-corrected chi connectivity index (χ0v) is 13.9. The molecule has 0 amide bonds. The van der Waals surface area contributed by atoms with Crippen LogP contribution in [-0.4, -0.2) is 52.9 Å². The Kier molecular flexibility index (Phi) is 4.86. The number of benzene rings is 1. The topological polar surface area (TPSA) is 125 Å². The maximum absolute atomic E-state index is 12.6. The van der Waals surface area contributed by atoms with E-state index in [9.17, 15) is 23.1 Å². The van der Waals surface area contributed by atoms with E-state index in [0.717, 1.165) is 6.07 Å². The number of carboxylic acid groups (broad SMARTS) is 2. The first-order valence-electron chi connectivity index (χ1n) is 7.13. The van der Waals surface area contributed by atoms with Gasteiger partial charge in [-0.15, -0.1) is 0 Å².